The molecule has 0 spiro atoms. The molecule has 0 saturated heterocycles. The van der Waals surface area contributed by atoms with Gasteiger partial charge in [-0.3, -0.25) is 4.90 Å². The van der Waals surface area contributed by atoms with Gasteiger partial charge in [-0.15, -0.1) is 0 Å². The van der Waals surface area contributed by atoms with Crippen molar-refractivity contribution in [1.29, 1.82) is 5.26 Å². The fourth-order valence-corrected chi connectivity index (χ4v) is 4.06. The maximum atomic E-state index is 13.6. The molecule has 2 aromatic rings. The van der Waals surface area contributed by atoms with Crippen LogP contribution in [-0.2, 0) is 4.74 Å². The van der Waals surface area contributed by atoms with E-state index in [1.807, 2.05) is 6.08 Å². The minimum Gasteiger partial charge on any atom is -0.440 e. The fourth-order valence-electron chi connectivity index (χ4n) is 4.06. The van der Waals surface area contributed by atoms with Crippen LogP contribution >= 0.6 is 0 Å². The first-order chi connectivity index (χ1) is 14.9. The molecule has 0 bridgehead atoms. The maximum absolute atomic E-state index is 13.6. The van der Waals surface area contributed by atoms with Crippen LogP contribution in [0.1, 0.15) is 30.9 Å². The highest BCUT2D eigenvalue weighted by molar-refractivity contribution is 5.63. The van der Waals surface area contributed by atoms with E-state index in [1.54, 1.807) is 24.3 Å². The third-order valence-corrected chi connectivity index (χ3v) is 5.71. The number of ether oxygens (including phenoxy) is 1. The number of allylic oxidation sites excluding steroid dienone is 1. The summed E-state index contributed by atoms with van der Waals surface area (Å²) in [6, 6.07) is 14.8. The molecule has 2 N–H and O–H groups in total. The van der Waals surface area contributed by atoms with Crippen molar-refractivity contribution in [2.24, 2.45) is 5.73 Å². The Bertz CT molecular complexity index is 1120. The SMILES string of the molecule is CC(C)N1CC2=C(OC(N)=C(C#N)[C@@H]2c2ccc(F)cc2)/C(=C/c2ccc(F)cc2)C1. The molecule has 6 heteroatoms. The molecule has 2 heterocycles. The lowest BCUT2D eigenvalue weighted by molar-refractivity contribution is 0.208. The minimum atomic E-state index is -0.424. The highest BCUT2D eigenvalue weighted by Gasteiger charge is 2.38. The number of nitriles is 1. The topological polar surface area (TPSA) is 62.3 Å². The third kappa shape index (κ3) is 4.10. The summed E-state index contributed by atoms with van der Waals surface area (Å²) in [6.45, 7) is 5.42. The van der Waals surface area contributed by atoms with Crippen LogP contribution in [0.5, 0.6) is 0 Å². The molecule has 0 unspecified atom stereocenters. The molecule has 2 aliphatic rings. The molecule has 2 aliphatic heterocycles. The molecular formula is C25H23F2N3O. The summed E-state index contributed by atoms with van der Waals surface area (Å²) in [5.41, 5.74) is 9.90. The second-order valence-electron chi connectivity index (χ2n) is 8.05. The van der Waals surface area contributed by atoms with Crippen molar-refractivity contribution in [1.82, 2.24) is 4.90 Å². The van der Waals surface area contributed by atoms with Gasteiger partial charge in [-0.1, -0.05) is 24.3 Å². The predicted octanol–water partition coefficient (Wildman–Crippen LogP) is 4.83. The predicted molar refractivity (Wildman–Crippen MR) is 115 cm³/mol. The molecule has 0 fully saturated rings. The number of benzene rings is 2. The third-order valence-electron chi connectivity index (χ3n) is 5.71. The molecule has 0 aromatic heterocycles. The van der Waals surface area contributed by atoms with Crippen LogP contribution < -0.4 is 5.73 Å². The highest BCUT2D eigenvalue weighted by atomic mass is 19.1. The van der Waals surface area contributed by atoms with Crippen molar-refractivity contribution < 1.29 is 13.5 Å². The van der Waals surface area contributed by atoms with Crippen LogP contribution in [0, 0.1) is 23.0 Å². The van der Waals surface area contributed by atoms with Gasteiger partial charge in [0, 0.05) is 24.7 Å². The average Bonchev–Trinajstić information content (AvgIpc) is 2.75. The number of halogens is 2. The summed E-state index contributed by atoms with van der Waals surface area (Å²) >= 11 is 0. The lowest BCUT2D eigenvalue weighted by atomic mass is 9.80. The van der Waals surface area contributed by atoms with Gasteiger partial charge < -0.3 is 10.5 Å². The molecule has 0 radical (unpaired) electrons. The van der Waals surface area contributed by atoms with E-state index in [-0.39, 0.29) is 23.6 Å². The van der Waals surface area contributed by atoms with Crippen LogP contribution in [0.3, 0.4) is 0 Å². The van der Waals surface area contributed by atoms with E-state index in [1.165, 1.54) is 24.3 Å². The van der Waals surface area contributed by atoms with Gasteiger partial charge in [0.2, 0.25) is 5.88 Å². The number of nitrogens with two attached hydrogens (primary N) is 1. The quantitative estimate of drug-likeness (QED) is 0.774. The molecule has 4 nitrogen and oxygen atoms in total. The van der Waals surface area contributed by atoms with Crippen LogP contribution in [0.25, 0.3) is 6.08 Å². The van der Waals surface area contributed by atoms with Crippen LogP contribution in [0.15, 0.2) is 76.9 Å². The maximum Gasteiger partial charge on any atom is 0.205 e. The van der Waals surface area contributed by atoms with Gasteiger partial charge in [0.25, 0.3) is 0 Å². The van der Waals surface area contributed by atoms with Gasteiger partial charge in [0.15, 0.2) is 0 Å². The van der Waals surface area contributed by atoms with Gasteiger partial charge >= 0.3 is 0 Å². The normalized spacial score (nSPS) is 20.6. The second-order valence-corrected chi connectivity index (χ2v) is 8.05. The highest BCUT2D eigenvalue weighted by Crippen LogP contribution is 2.44. The van der Waals surface area contributed by atoms with Crippen molar-refractivity contribution in [2.75, 3.05) is 13.1 Å². The van der Waals surface area contributed by atoms with Crippen molar-refractivity contribution in [3.63, 3.8) is 0 Å². The first-order valence-electron chi connectivity index (χ1n) is 10.1. The summed E-state index contributed by atoms with van der Waals surface area (Å²) < 4.78 is 32.9. The Morgan fingerprint density at radius 3 is 2.26 bits per heavy atom. The molecule has 158 valence electrons. The Morgan fingerprint density at radius 2 is 1.68 bits per heavy atom. The van der Waals surface area contributed by atoms with Gasteiger partial charge in [-0.05, 0) is 60.9 Å². The number of nitrogens with zero attached hydrogens (tertiary/aromatic N) is 2. The largest absolute Gasteiger partial charge is 0.440 e. The van der Waals surface area contributed by atoms with Crippen LogP contribution in [0.2, 0.25) is 0 Å². The number of hydrogen-bond acceptors (Lipinski definition) is 4. The summed E-state index contributed by atoms with van der Waals surface area (Å²) in [6.07, 6.45) is 1.95. The molecule has 0 saturated carbocycles. The molecule has 0 aliphatic carbocycles. The second kappa shape index (κ2) is 8.37. The van der Waals surface area contributed by atoms with E-state index >= 15 is 0 Å². The minimum absolute atomic E-state index is 0.0542. The Morgan fingerprint density at radius 1 is 1.06 bits per heavy atom. The molecule has 1 atom stereocenters. The van der Waals surface area contributed by atoms with Gasteiger partial charge in [0.05, 0.1) is 5.92 Å². The summed E-state index contributed by atoms with van der Waals surface area (Å²) in [7, 11) is 0. The van der Waals surface area contributed by atoms with Crippen molar-refractivity contribution in [3.05, 3.63) is 99.7 Å². The Labute approximate surface area is 180 Å². The molecule has 2 aromatic carbocycles. The Kier molecular flexibility index (Phi) is 5.62. The van der Waals surface area contributed by atoms with E-state index in [4.69, 9.17) is 10.5 Å². The Balaban J connectivity index is 1.88. The monoisotopic (exact) mass is 419 g/mol. The number of hydrogen-bond donors (Lipinski definition) is 1. The van der Waals surface area contributed by atoms with Crippen LogP contribution in [-0.4, -0.2) is 24.0 Å². The van der Waals surface area contributed by atoms with E-state index in [0.29, 0.717) is 24.4 Å². The van der Waals surface area contributed by atoms with Crippen LogP contribution in [0.4, 0.5) is 8.78 Å². The zero-order valence-electron chi connectivity index (χ0n) is 17.4. The average molecular weight is 419 g/mol. The standard InChI is InChI=1S/C25H23F2N3O/c1-15(2)30-13-18(11-16-3-7-19(26)8-4-16)24-22(14-30)23(21(12-28)25(29)31-24)17-5-9-20(27)10-6-17/h3-11,15,23H,13-14,29H2,1-2H3/b18-11+/t23-/m0/s1. The molecule has 4 rings (SSSR count). The van der Waals surface area contributed by atoms with E-state index in [9.17, 15) is 14.0 Å². The van der Waals surface area contributed by atoms with Gasteiger partial charge in [-0.25, -0.2) is 8.78 Å². The number of rotatable bonds is 3. The van der Waals surface area contributed by atoms with E-state index in [0.717, 1.165) is 22.3 Å². The molecule has 31 heavy (non-hydrogen) atoms. The zero-order chi connectivity index (χ0) is 22.1. The lowest BCUT2D eigenvalue weighted by Gasteiger charge is -2.39. The van der Waals surface area contributed by atoms with E-state index in [2.05, 4.69) is 24.8 Å². The summed E-state index contributed by atoms with van der Waals surface area (Å²) in [5, 5.41) is 9.81. The molecular weight excluding hydrogens is 396 g/mol. The summed E-state index contributed by atoms with van der Waals surface area (Å²) in [4.78, 5) is 2.27. The Hall–Kier alpha value is -3.43. The first kappa shape index (κ1) is 20.8. The smallest absolute Gasteiger partial charge is 0.205 e. The van der Waals surface area contributed by atoms with Gasteiger partial charge in [-0.2, -0.15) is 5.26 Å². The molecule has 0 amide bonds. The van der Waals surface area contributed by atoms with E-state index < -0.39 is 5.92 Å². The first-order valence-corrected chi connectivity index (χ1v) is 10.1. The fraction of sp³-hybridized carbons (Fsp3) is 0.240. The van der Waals surface area contributed by atoms with Crippen molar-refractivity contribution in [3.8, 4) is 6.07 Å². The zero-order valence-corrected chi connectivity index (χ0v) is 17.4. The summed E-state index contributed by atoms with van der Waals surface area (Å²) in [5.74, 6) is -0.381. The lowest BCUT2D eigenvalue weighted by Crippen LogP contribution is -2.41. The van der Waals surface area contributed by atoms with Crippen molar-refractivity contribution in [2.45, 2.75) is 25.8 Å². The van der Waals surface area contributed by atoms with Crippen molar-refractivity contribution >= 4 is 6.08 Å². The van der Waals surface area contributed by atoms with Gasteiger partial charge in [0.1, 0.15) is 29.0 Å².